The Morgan fingerprint density at radius 1 is 1.32 bits per heavy atom. The van der Waals surface area contributed by atoms with Crippen LogP contribution in [-0.2, 0) is 9.47 Å². The maximum atomic E-state index is 5.62. The summed E-state index contributed by atoms with van der Waals surface area (Å²) in [6.07, 6.45) is 0.0606. The SMILES string of the molecule is COc1ccc(N=C2COC(OC(C)C)CS2)cc1. The van der Waals surface area contributed by atoms with Crippen molar-refractivity contribution in [2.45, 2.75) is 26.2 Å². The topological polar surface area (TPSA) is 40.0 Å². The van der Waals surface area contributed by atoms with Crippen LogP contribution in [0.15, 0.2) is 29.3 Å². The fraction of sp³-hybridized carbons (Fsp3) is 0.500. The minimum atomic E-state index is -0.125. The van der Waals surface area contributed by atoms with Crippen LogP contribution in [0.5, 0.6) is 5.75 Å². The Bertz CT molecular complexity index is 421. The van der Waals surface area contributed by atoms with Crippen LogP contribution in [0.1, 0.15) is 13.8 Å². The molecule has 0 radical (unpaired) electrons. The quantitative estimate of drug-likeness (QED) is 0.849. The van der Waals surface area contributed by atoms with Gasteiger partial charge >= 0.3 is 0 Å². The highest BCUT2D eigenvalue weighted by atomic mass is 32.2. The highest BCUT2D eigenvalue weighted by Crippen LogP contribution is 2.23. The minimum absolute atomic E-state index is 0.125. The van der Waals surface area contributed by atoms with E-state index in [0.29, 0.717) is 6.61 Å². The molecule has 5 heteroatoms. The predicted octanol–water partition coefficient (Wildman–Crippen LogP) is 3.24. The van der Waals surface area contributed by atoms with Crippen molar-refractivity contribution < 1.29 is 14.2 Å². The molecule has 1 aliphatic heterocycles. The van der Waals surface area contributed by atoms with Crippen molar-refractivity contribution in [1.29, 1.82) is 0 Å². The minimum Gasteiger partial charge on any atom is -0.497 e. The summed E-state index contributed by atoms with van der Waals surface area (Å²) >= 11 is 1.69. The number of nitrogens with zero attached hydrogens (tertiary/aromatic N) is 1. The van der Waals surface area contributed by atoms with Crippen LogP contribution in [0.25, 0.3) is 0 Å². The van der Waals surface area contributed by atoms with Crippen LogP contribution in [0.4, 0.5) is 5.69 Å². The first-order valence-corrected chi connectivity index (χ1v) is 7.27. The van der Waals surface area contributed by atoms with Crippen molar-refractivity contribution in [3.05, 3.63) is 24.3 Å². The standard InChI is InChI=1S/C14H19NO3S/c1-10(2)18-14-9-19-13(8-17-14)15-11-4-6-12(16-3)7-5-11/h4-7,10,14H,8-9H2,1-3H3. The van der Waals surface area contributed by atoms with E-state index in [1.54, 1.807) is 18.9 Å². The average Bonchev–Trinajstić information content (AvgIpc) is 2.41. The average molecular weight is 281 g/mol. The Hall–Kier alpha value is -1.04. The van der Waals surface area contributed by atoms with Gasteiger partial charge in [0.15, 0.2) is 6.29 Å². The predicted molar refractivity (Wildman–Crippen MR) is 78.5 cm³/mol. The van der Waals surface area contributed by atoms with Gasteiger partial charge in [0.2, 0.25) is 0 Å². The number of hydrogen-bond acceptors (Lipinski definition) is 5. The zero-order valence-corrected chi connectivity index (χ0v) is 12.3. The molecule has 2 rings (SSSR count). The molecule has 1 unspecified atom stereocenters. The third-order valence-electron chi connectivity index (χ3n) is 2.53. The monoisotopic (exact) mass is 281 g/mol. The van der Waals surface area contributed by atoms with E-state index in [1.165, 1.54) is 0 Å². The first-order valence-electron chi connectivity index (χ1n) is 6.29. The lowest BCUT2D eigenvalue weighted by Crippen LogP contribution is -2.30. The molecule has 1 heterocycles. The van der Waals surface area contributed by atoms with Crippen LogP contribution in [0, 0.1) is 0 Å². The number of ether oxygens (including phenoxy) is 3. The van der Waals surface area contributed by atoms with Gasteiger partial charge < -0.3 is 14.2 Å². The summed E-state index contributed by atoms with van der Waals surface area (Å²) in [5, 5.41) is 0.980. The molecule has 19 heavy (non-hydrogen) atoms. The number of benzene rings is 1. The highest BCUT2D eigenvalue weighted by molar-refractivity contribution is 8.14. The number of rotatable bonds is 4. The molecule has 0 bridgehead atoms. The van der Waals surface area contributed by atoms with Gasteiger partial charge in [-0.05, 0) is 38.1 Å². The lowest BCUT2D eigenvalue weighted by molar-refractivity contribution is -0.139. The molecule has 1 aromatic carbocycles. The van der Waals surface area contributed by atoms with Crippen LogP contribution in [0.2, 0.25) is 0 Å². The first kappa shape index (κ1) is 14.4. The maximum absolute atomic E-state index is 5.62. The van der Waals surface area contributed by atoms with Gasteiger partial charge in [-0.1, -0.05) is 0 Å². The molecule has 0 N–H and O–H groups in total. The molecule has 1 saturated heterocycles. The third kappa shape index (κ3) is 4.53. The van der Waals surface area contributed by atoms with Crippen LogP contribution in [0.3, 0.4) is 0 Å². The second kappa shape index (κ2) is 6.93. The molecular formula is C14H19NO3S. The largest absolute Gasteiger partial charge is 0.497 e. The summed E-state index contributed by atoms with van der Waals surface area (Å²) < 4.78 is 16.3. The second-order valence-electron chi connectivity index (χ2n) is 4.44. The molecule has 1 aliphatic rings. The molecule has 1 fully saturated rings. The summed E-state index contributed by atoms with van der Waals surface area (Å²) in [5.41, 5.74) is 0.912. The first-order chi connectivity index (χ1) is 9.17. The van der Waals surface area contributed by atoms with Crippen LogP contribution >= 0.6 is 11.8 Å². The molecule has 0 aliphatic carbocycles. The van der Waals surface area contributed by atoms with E-state index in [2.05, 4.69) is 4.99 Å². The Labute approximate surface area is 118 Å². The van der Waals surface area contributed by atoms with Crippen LogP contribution in [-0.4, -0.2) is 36.9 Å². The Balaban J connectivity index is 1.91. The van der Waals surface area contributed by atoms with E-state index in [-0.39, 0.29) is 12.4 Å². The smallest absolute Gasteiger partial charge is 0.167 e. The van der Waals surface area contributed by atoms with E-state index in [0.717, 1.165) is 22.2 Å². The normalized spacial score (nSPS) is 21.9. The maximum Gasteiger partial charge on any atom is 0.167 e. The van der Waals surface area contributed by atoms with Crippen molar-refractivity contribution in [1.82, 2.24) is 0 Å². The van der Waals surface area contributed by atoms with Crippen molar-refractivity contribution >= 4 is 22.5 Å². The van der Waals surface area contributed by atoms with Gasteiger partial charge in [-0.15, -0.1) is 11.8 Å². The molecule has 4 nitrogen and oxygen atoms in total. The molecule has 1 aromatic rings. The zero-order valence-electron chi connectivity index (χ0n) is 11.5. The van der Waals surface area contributed by atoms with Crippen molar-refractivity contribution in [2.24, 2.45) is 4.99 Å². The molecular weight excluding hydrogens is 262 g/mol. The summed E-state index contributed by atoms with van der Waals surface area (Å²) in [5.74, 6) is 1.62. The summed E-state index contributed by atoms with van der Waals surface area (Å²) in [7, 11) is 1.65. The van der Waals surface area contributed by atoms with Gasteiger partial charge in [-0.25, -0.2) is 4.99 Å². The number of methoxy groups -OCH3 is 1. The van der Waals surface area contributed by atoms with E-state index >= 15 is 0 Å². The fourth-order valence-corrected chi connectivity index (χ4v) is 2.49. The molecule has 0 saturated carbocycles. The molecule has 1 atom stereocenters. The highest BCUT2D eigenvalue weighted by Gasteiger charge is 2.20. The van der Waals surface area contributed by atoms with Gasteiger partial charge in [-0.2, -0.15) is 0 Å². The lowest BCUT2D eigenvalue weighted by atomic mass is 10.3. The summed E-state index contributed by atoms with van der Waals surface area (Å²) in [4.78, 5) is 4.55. The van der Waals surface area contributed by atoms with E-state index in [9.17, 15) is 0 Å². The van der Waals surface area contributed by atoms with E-state index in [4.69, 9.17) is 14.2 Å². The number of aliphatic imine (C=N–C) groups is 1. The fourth-order valence-electron chi connectivity index (χ4n) is 1.67. The Kier molecular flexibility index (Phi) is 5.24. The van der Waals surface area contributed by atoms with Crippen LogP contribution < -0.4 is 4.74 Å². The number of thioether (sulfide) groups is 1. The summed E-state index contributed by atoms with van der Waals surface area (Å²) in [6.45, 7) is 4.53. The van der Waals surface area contributed by atoms with Gasteiger partial charge in [0.1, 0.15) is 5.75 Å². The van der Waals surface area contributed by atoms with Crippen molar-refractivity contribution in [2.75, 3.05) is 19.5 Å². The van der Waals surface area contributed by atoms with Crippen molar-refractivity contribution in [3.8, 4) is 5.75 Å². The van der Waals surface area contributed by atoms with Gasteiger partial charge in [0, 0.05) is 0 Å². The third-order valence-corrected chi connectivity index (χ3v) is 3.51. The Morgan fingerprint density at radius 3 is 2.58 bits per heavy atom. The second-order valence-corrected chi connectivity index (χ2v) is 5.53. The van der Waals surface area contributed by atoms with E-state index in [1.807, 2.05) is 38.1 Å². The molecule has 0 spiro atoms. The van der Waals surface area contributed by atoms with Gasteiger partial charge in [0.05, 0.1) is 36.3 Å². The summed E-state index contributed by atoms with van der Waals surface area (Å²) in [6, 6.07) is 7.67. The molecule has 104 valence electrons. The van der Waals surface area contributed by atoms with E-state index < -0.39 is 0 Å². The zero-order chi connectivity index (χ0) is 13.7. The van der Waals surface area contributed by atoms with Gasteiger partial charge in [-0.3, -0.25) is 0 Å². The lowest BCUT2D eigenvalue weighted by Gasteiger charge is -2.25. The molecule has 0 amide bonds. The number of hydrogen-bond donors (Lipinski definition) is 0. The van der Waals surface area contributed by atoms with Gasteiger partial charge in [0.25, 0.3) is 0 Å². The molecule has 0 aromatic heterocycles. The Morgan fingerprint density at radius 2 is 2.05 bits per heavy atom. The van der Waals surface area contributed by atoms with Crippen molar-refractivity contribution in [3.63, 3.8) is 0 Å².